The van der Waals surface area contributed by atoms with E-state index >= 15 is 0 Å². The number of para-hydroxylation sites is 1. The number of aromatic amines is 1. The molecule has 1 heterocycles. The normalized spacial score (nSPS) is 12.0. The lowest BCUT2D eigenvalue weighted by Gasteiger charge is -2.17. The van der Waals surface area contributed by atoms with Crippen molar-refractivity contribution in [2.45, 2.75) is 13.0 Å². The lowest BCUT2D eigenvalue weighted by molar-refractivity contribution is 0.196. The summed E-state index contributed by atoms with van der Waals surface area (Å²) >= 11 is 0. The van der Waals surface area contributed by atoms with E-state index in [1.807, 2.05) is 31.2 Å². The highest BCUT2D eigenvalue weighted by Crippen LogP contribution is 2.31. The molecule has 1 atom stereocenters. The van der Waals surface area contributed by atoms with Crippen molar-refractivity contribution in [2.75, 3.05) is 25.6 Å². The minimum Gasteiger partial charge on any atom is -0.493 e. The molecule has 3 rings (SSSR count). The molecule has 0 radical (unpaired) electrons. The Balaban J connectivity index is 1.83. The Morgan fingerprint density at radius 1 is 1.23 bits per heavy atom. The van der Waals surface area contributed by atoms with Gasteiger partial charge in [0.2, 0.25) is 5.95 Å². The van der Waals surface area contributed by atoms with Gasteiger partial charge in [-0.25, -0.2) is 4.98 Å². The molecule has 0 aliphatic rings. The number of fused-ring (bicyclic) bond motifs is 1. The zero-order chi connectivity index (χ0) is 18.5. The van der Waals surface area contributed by atoms with Gasteiger partial charge in [0.25, 0.3) is 5.56 Å². The molecular weight excluding hydrogens is 334 g/mol. The van der Waals surface area contributed by atoms with E-state index in [-0.39, 0.29) is 24.8 Å². The van der Waals surface area contributed by atoms with Gasteiger partial charge in [0.1, 0.15) is 6.61 Å². The fraction of sp³-hybridized carbons (Fsp3) is 0.263. The van der Waals surface area contributed by atoms with Crippen LogP contribution in [-0.2, 0) is 0 Å². The maximum absolute atomic E-state index is 12.2. The average Bonchev–Trinajstić information content (AvgIpc) is 2.66. The highest BCUT2D eigenvalue weighted by Gasteiger charge is 2.12. The third-order valence-corrected chi connectivity index (χ3v) is 4.00. The summed E-state index contributed by atoms with van der Waals surface area (Å²) in [7, 11) is 1.56. The number of ether oxygens (including phenoxy) is 2. The maximum Gasteiger partial charge on any atom is 0.260 e. The van der Waals surface area contributed by atoms with E-state index in [0.29, 0.717) is 28.4 Å². The molecule has 0 amide bonds. The molecule has 0 bridgehead atoms. The average molecular weight is 355 g/mol. The number of aliphatic hydroxyl groups is 1. The number of hydrogen-bond acceptors (Lipinski definition) is 6. The molecule has 0 aliphatic carbocycles. The Bertz CT molecular complexity index is 955. The predicted molar refractivity (Wildman–Crippen MR) is 100.0 cm³/mol. The third kappa shape index (κ3) is 3.78. The van der Waals surface area contributed by atoms with Gasteiger partial charge in [-0.05, 0) is 36.8 Å². The maximum atomic E-state index is 12.2. The summed E-state index contributed by atoms with van der Waals surface area (Å²) < 4.78 is 10.8. The van der Waals surface area contributed by atoms with Crippen molar-refractivity contribution in [1.29, 1.82) is 0 Å². The molecule has 3 N–H and O–H groups in total. The summed E-state index contributed by atoms with van der Waals surface area (Å²) in [4.78, 5) is 19.4. The van der Waals surface area contributed by atoms with Gasteiger partial charge in [-0.1, -0.05) is 18.2 Å². The second kappa shape index (κ2) is 7.88. The predicted octanol–water partition coefficient (Wildman–Crippen LogP) is 2.48. The van der Waals surface area contributed by atoms with Crippen LogP contribution >= 0.6 is 0 Å². The van der Waals surface area contributed by atoms with Crippen LogP contribution in [0, 0.1) is 0 Å². The van der Waals surface area contributed by atoms with Gasteiger partial charge in [0, 0.05) is 0 Å². The largest absolute Gasteiger partial charge is 0.493 e. The molecule has 0 spiro atoms. The first-order valence-corrected chi connectivity index (χ1v) is 8.29. The Hall–Kier alpha value is -3.06. The van der Waals surface area contributed by atoms with Gasteiger partial charge < -0.3 is 19.9 Å². The first-order valence-electron chi connectivity index (χ1n) is 8.29. The molecule has 0 saturated heterocycles. The van der Waals surface area contributed by atoms with Crippen LogP contribution in [0.15, 0.2) is 47.3 Å². The topological polar surface area (TPSA) is 96.5 Å². The van der Waals surface area contributed by atoms with Gasteiger partial charge in [-0.15, -0.1) is 0 Å². The van der Waals surface area contributed by atoms with E-state index in [1.165, 1.54) is 0 Å². The van der Waals surface area contributed by atoms with E-state index in [2.05, 4.69) is 15.3 Å². The Kier molecular flexibility index (Phi) is 5.38. The number of nitrogens with zero attached hydrogens (tertiary/aromatic N) is 1. The summed E-state index contributed by atoms with van der Waals surface area (Å²) in [6, 6.07) is 12.6. The van der Waals surface area contributed by atoms with Crippen LogP contribution in [0.4, 0.5) is 5.95 Å². The van der Waals surface area contributed by atoms with Crippen molar-refractivity contribution in [3.8, 4) is 11.5 Å². The number of H-pyrrole nitrogens is 1. The van der Waals surface area contributed by atoms with Crippen molar-refractivity contribution >= 4 is 16.9 Å². The van der Waals surface area contributed by atoms with Crippen molar-refractivity contribution in [3.63, 3.8) is 0 Å². The molecule has 0 saturated carbocycles. The fourth-order valence-corrected chi connectivity index (χ4v) is 2.67. The number of nitrogens with one attached hydrogen (secondary N) is 2. The Morgan fingerprint density at radius 3 is 2.81 bits per heavy atom. The molecule has 3 aromatic rings. The zero-order valence-corrected chi connectivity index (χ0v) is 14.7. The van der Waals surface area contributed by atoms with Crippen molar-refractivity contribution in [3.05, 3.63) is 58.4 Å². The summed E-state index contributed by atoms with van der Waals surface area (Å²) in [6.45, 7) is 2.09. The molecule has 1 aromatic heterocycles. The van der Waals surface area contributed by atoms with Crippen LogP contribution in [0.25, 0.3) is 10.9 Å². The number of anilines is 1. The zero-order valence-electron chi connectivity index (χ0n) is 14.7. The highest BCUT2D eigenvalue weighted by molar-refractivity contribution is 5.78. The lowest BCUT2D eigenvalue weighted by atomic mass is 10.1. The summed E-state index contributed by atoms with van der Waals surface area (Å²) in [5, 5.41) is 12.6. The SMILES string of the molecule is COc1cc(C(C)Nc2nc3ccccc3c(=O)[nH]2)ccc1OCCO. The number of rotatable bonds is 7. The van der Waals surface area contributed by atoms with Gasteiger partial charge in [-0.2, -0.15) is 0 Å². The molecule has 136 valence electrons. The monoisotopic (exact) mass is 355 g/mol. The van der Waals surface area contributed by atoms with E-state index < -0.39 is 0 Å². The summed E-state index contributed by atoms with van der Waals surface area (Å²) in [6.07, 6.45) is 0. The van der Waals surface area contributed by atoms with Gasteiger partial charge in [-0.3, -0.25) is 9.78 Å². The smallest absolute Gasteiger partial charge is 0.260 e. The van der Waals surface area contributed by atoms with Gasteiger partial charge in [0.05, 0.1) is 30.7 Å². The van der Waals surface area contributed by atoms with E-state index in [0.717, 1.165) is 5.56 Å². The van der Waals surface area contributed by atoms with Crippen LogP contribution in [0.5, 0.6) is 11.5 Å². The van der Waals surface area contributed by atoms with Gasteiger partial charge in [0.15, 0.2) is 11.5 Å². The fourth-order valence-electron chi connectivity index (χ4n) is 2.67. The second-order valence-corrected chi connectivity index (χ2v) is 5.78. The highest BCUT2D eigenvalue weighted by atomic mass is 16.5. The summed E-state index contributed by atoms with van der Waals surface area (Å²) in [5.74, 6) is 1.54. The molecule has 0 aliphatic heterocycles. The van der Waals surface area contributed by atoms with E-state index in [4.69, 9.17) is 14.6 Å². The number of methoxy groups -OCH3 is 1. The van der Waals surface area contributed by atoms with Gasteiger partial charge >= 0.3 is 0 Å². The third-order valence-electron chi connectivity index (χ3n) is 4.00. The molecule has 0 fully saturated rings. The lowest BCUT2D eigenvalue weighted by Crippen LogP contribution is -2.15. The number of benzene rings is 2. The number of aliphatic hydroxyl groups excluding tert-OH is 1. The quantitative estimate of drug-likeness (QED) is 0.602. The van der Waals surface area contributed by atoms with Crippen LogP contribution in [0.1, 0.15) is 18.5 Å². The van der Waals surface area contributed by atoms with Crippen LogP contribution in [-0.4, -0.2) is 35.4 Å². The summed E-state index contributed by atoms with van der Waals surface area (Å²) in [5.41, 5.74) is 1.39. The van der Waals surface area contributed by atoms with Crippen molar-refractivity contribution < 1.29 is 14.6 Å². The van der Waals surface area contributed by atoms with Crippen LogP contribution in [0.3, 0.4) is 0 Å². The number of aromatic nitrogens is 2. The molecule has 1 unspecified atom stereocenters. The molecule has 7 nitrogen and oxygen atoms in total. The molecule has 7 heteroatoms. The first-order chi connectivity index (χ1) is 12.6. The minimum atomic E-state index is -0.185. The van der Waals surface area contributed by atoms with E-state index in [1.54, 1.807) is 25.3 Å². The Labute approximate surface area is 150 Å². The van der Waals surface area contributed by atoms with E-state index in [9.17, 15) is 4.79 Å². The standard InChI is InChI=1S/C19H21N3O4/c1-12(13-7-8-16(26-10-9-23)17(11-13)25-2)20-19-21-15-6-4-3-5-14(15)18(24)22-19/h3-8,11-12,23H,9-10H2,1-2H3,(H2,20,21,22,24). The van der Waals surface area contributed by atoms with Crippen LogP contribution < -0.4 is 20.3 Å². The number of hydrogen-bond donors (Lipinski definition) is 3. The van der Waals surface area contributed by atoms with Crippen molar-refractivity contribution in [1.82, 2.24) is 9.97 Å². The first kappa shape index (κ1) is 17.8. The molecular formula is C19H21N3O4. The minimum absolute atomic E-state index is 0.0656. The molecule has 26 heavy (non-hydrogen) atoms. The second-order valence-electron chi connectivity index (χ2n) is 5.78. The van der Waals surface area contributed by atoms with Crippen LogP contribution in [0.2, 0.25) is 0 Å². The Morgan fingerprint density at radius 2 is 2.04 bits per heavy atom. The molecule has 2 aromatic carbocycles. The van der Waals surface area contributed by atoms with Crippen molar-refractivity contribution in [2.24, 2.45) is 0 Å².